The fourth-order valence-corrected chi connectivity index (χ4v) is 1.84. The molecular formula is C17H27NO3. The second-order valence-electron chi connectivity index (χ2n) is 5.33. The van der Waals surface area contributed by atoms with E-state index < -0.39 is 5.60 Å². The topological polar surface area (TPSA) is 47.6 Å². The lowest BCUT2D eigenvalue weighted by Gasteiger charge is -2.26. The summed E-state index contributed by atoms with van der Waals surface area (Å²) in [6.07, 6.45) is 1.77. The molecule has 0 fully saturated rings. The highest BCUT2D eigenvalue weighted by molar-refractivity contribution is 5.97. The minimum atomic E-state index is -0.791. The van der Waals surface area contributed by atoms with Gasteiger partial charge in [0.05, 0.1) is 6.10 Å². The number of amides is 1. The third-order valence-corrected chi connectivity index (χ3v) is 3.64. The first-order chi connectivity index (χ1) is 9.95. The van der Waals surface area contributed by atoms with Crippen LogP contribution in [0.2, 0.25) is 0 Å². The van der Waals surface area contributed by atoms with Gasteiger partial charge in [-0.05, 0) is 57.9 Å². The molecule has 0 aliphatic rings. The number of carbonyl (C=O) groups is 1. The summed E-state index contributed by atoms with van der Waals surface area (Å²) in [4.78, 5) is 12.3. The van der Waals surface area contributed by atoms with E-state index in [0.29, 0.717) is 13.0 Å². The van der Waals surface area contributed by atoms with Crippen LogP contribution in [0.5, 0.6) is 5.75 Å². The highest BCUT2D eigenvalue weighted by atomic mass is 16.5. The molecule has 1 amide bonds. The number of anilines is 1. The molecule has 0 aromatic heterocycles. The smallest absolute Gasteiger partial charge is 0.256 e. The van der Waals surface area contributed by atoms with Crippen LogP contribution < -0.4 is 10.1 Å². The molecule has 0 unspecified atom stereocenters. The van der Waals surface area contributed by atoms with Gasteiger partial charge >= 0.3 is 0 Å². The highest BCUT2D eigenvalue weighted by Gasteiger charge is 2.31. The van der Waals surface area contributed by atoms with Crippen LogP contribution in [0.4, 0.5) is 5.69 Å². The maximum absolute atomic E-state index is 12.3. The molecule has 0 spiro atoms. The van der Waals surface area contributed by atoms with Crippen molar-refractivity contribution in [2.75, 3.05) is 11.9 Å². The Morgan fingerprint density at radius 1 is 1.24 bits per heavy atom. The third-order valence-electron chi connectivity index (χ3n) is 3.64. The van der Waals surface area contributed by atoms with E-state index in [1.807, 2.05) is 52.0 Å². The summed E-state index contributed by atoms with van der Waals surface area (Å²) in [6, 6.07) is 7.42. The van der Waals surface area contributed by atoms with Gasteiger partial charge in [0.1, 0.15) is 11.4 Å². The summed E-state index contributed by atoms with van der Waals surface area (Å²) in [5, 5.41) is 2.89. The van der Waals surface area contributed by atoms with Gasteiger partial charge in [-0.15, -0.1) is 0 Å². The fraction of sp³-hybridized carbons (Fsp3) is 0.588. The van der Waals surface area contributed by atoms with E-state index in [0.717, 1.165) is 17.9 Å². The molecule has 1 aromatic carbocycles. The molecule has 0 heterocycles. The lowest BCUT2D eigenvalue weighted by atomic mass is 10.0. The minimum absolute atomic E-state index is 0.123. The zero-order valence-corrected chi connectivity index (χ0v) is 13.7. The van der Waals surface area contributed by atoms with E-state index in [-0.39, 0.29) is 12.0 Å². The molecule has 0 radical (unpaired) electrons. The monoisotopic (exact) mass is 293 g/mol. The summed E-state index contributed by atoms with van der Waals surface area (Å²) in [6.45, 7) is 10.3. The van der Waals surface area contributed by atoms with Gasteiger partial charge in [0.2, 0.25) is 0 Å². The SMILES string of the molecule is CCO[C@@](C)(CC)C(=O)Nc1ccc(O[C@@H](C)CC)cc1. The number of nitrogens with one attached hydrogen (secondary N) is 1. The minimum Gasteiger partial charge on any atom is -0.491 e. The Hall–Kier alpha value is -1.55. The zero-order valence-electron chi connectivity index (χ0n) is 13.7. The van der Waals surface area contributed by atoms with Crippen molar-refractivity contribution >= 4 is 11.6 Å². The van der Waals surface area contributed by atoms with Gasteiger partial charge in [-0.1, -0.05) is 13.8 Å². The second-order valence-corrected chi connectivity index (χ2v) is 5.33. The average Bonchev–Trinajstić information content (AvgIpc) is 2.49. The van der Waals surface area contributed by atoms with Crippen LogP contribution >= 0.6 is 0 Å². The number of hydrogen-bond donors (Lipinski definition) is 1. The van der Waals surface area contributed by atoms with Crippen molar-refractivity contribution in [3.63, 3.8) is 0 Å². The van der Waals surface area contributed by atoms with Crippen molar-refractivity contribution in [3.8, 4) is 5.75 Å². The Morgan fingerprint density at radius 2 is 1.86 bits per heavy atom. The first kappa shape index (κ1) is 17.5. The molecule has 21 heavy (non-hydrogen) atoms. The predicted molar refractivity (Wildman–Crippen MR) is 85.8 cm³/mol. The zero-order chi connectivity index (χ0) is 15.9. The summed E-state index contributed by atoms with van der Waals surface area (Å²) >= 11 is 0. The Morgan fingerprint density at radius 3 is 2.33 bits per heavy atom. The van der Waals surface area contributed by atoms with E-state index >= 15 is 0 Å². The quantitative estimate of drug-likeness (QED) is 0.788. The van der Waals surface area contributed by atoms with Crippen LogP contribution in [0, 0.1) is 0 Å². The molecule has 0 bridgehead atoms. The van der Waals surface area contributed by atoms with Gasteiger partial charge in [-0.3, -0.25) is 4.79 Å². The molecule has 0 saturated heterocycles. The van der Waals surface area contributed by atoms with Crippen molar-refractivity contribution in [1.82, 2.24) is 0 Å². The number of ether oxygens (including phenoxy) is 2. The summed E-state index contributed by atoms with van der Waals surface area (Å²) in [5.74, 6) is 0.688. The van der Waals surface area contributed by atoms with Crippen LogP contribution in [0.25, 0.3) is 0 Å². The molecular weight excluding hydrogens is 266 g/mol. The molecule has 118 valence electrons. The van der Waals surface area contributed by atoms with E-state index in [4.69, 9.17) is 9.47 Å². The number of hydrogen-bond acceptors (Lipinski definition) is 3. The van der Waals surface area contributed by atoms with Crippen molar-refractivity contribution in [2.24, 2.45) is 0 Å². The van der Waals surface area contributed by atoms with Gasteiger partial charge < -0.3 is 14.8 Å². The first-order valence-corrected chi connectivity index (χ1v) is 7.67. The Balaban J connectivity index is 2.68. The first-order valence-electron chi connectivity index (χ1n) is 7.67. The van der Waals surface area contributed by atoms with Crippen LogP contribution in [0.15, 0.2) is 24.3 Å². The number of benzene rings is 1. The van der Waals surface area contributed by atoms with Crippen LogP contribution in [0.1, 0.15) is 47.5 Å². The van der Waals surface area contributed by atoms with E-state index in [9.17, 15) is 4.79 Å². The molecule has 4 heteroatoms. The van der Waals surface area contributed by atoms with Crippen molar-refractivity contribution in [2.45, 2.75) is 59.2 Å². The summed E-state index contributed by atoms with van der Waals surface area (Å²) < 4.78 is 11.3. The molecule has 1 aromatic rings. The Labute approximate surface area is 127 Å². The maximum Gasteiger partial charge on any atom is 0.256 e. The molecule has 1 rings (SSSR count). The summed E-state index contributed by atoms with van der Waals surface area (Å²) in [7, 11) is 0. The lowest BCUT2D eigenvalue weighted by molar-refractivity contribution is -0.139. The lowest BCUT2D eigenvalue weighted by Crippen LogP contribution is -2.42. The molecule has 2 atom stereocenters. The van der Waals surface area contributed by atoms with Crippen molar-refractivity contribution < 1.29 is 14.3 Å². The van der Waals surface area contributed by atoms with Crippen LogP contribution in [-0.2, 0) is 9.53 Å². The van der Waals surface area contributed by atoms with Crippen molar-refractivity contribution in [3.05, 3.63) is 24.3 Å². The molecule has 0 aliphatic heterocycles. The fourth-order valence-electron chi connectivity index (χ4n) is 1.84. The van der Waals surface area contributed by atoms with Gasteiger partial charge in [0.25, 0.3) is 5.91 Å². The molecule has 1 N–H and O–H groups in total. The Kier molecular flexibility index (Phi) is 6.69. The van der Waals surface area contributed by atoms with Crippen LogP contribution in [-0.4, -0.2) is 24.2 Å². The average molecular weight is 293 g/mol. The van der Waals surface area contributed by atoms with Crippen molar-refractivity contribution in [1.29, 1.82) is 0 Å². The molecule has 0 saturated carbocycles. The number of rotatable bonds is 8. The Bertz CT molecular complexity index is 444. The van der Waals surface area contributed by atoms with Crippen LogP contribution in [0.3, 0.4) is 0 Å². The largest absolute Gasteiger partial charge is 0.491 e. The molecule has 0 aliphatic carbocycles. The van der Waals surface area contributed by atoms with E-state index in [1.165, 1.54) is 0 Å². The summed E-state index contributed by atoms with van der Waals surface area (Å²) in [5.41, 5.74) is -0.0448. The number of carbonyl (C=O) groups excluding carboxylic acids is 1. The highest BCUT2D eigenvalue weighted by Crippen LogP contribution is 2.21. The van der Waals surface area contributed by atoms with E-state index in [2.05, 4.69) is 12.2 Å². The van der Waals surface area contributed by atoms with Gasteiger partial charge in [-0.2, -0.15) is 0 Å². The maximum atomic E-state index is 12.3. The predicted octanol–water partition coefficient (Wildman–Crippen LogP) is 4.01. The third kappa shape index (κ3) is 5.05. The van der Waals surface area contributed by atoms with Gasteiger partial charge in [-0.25, -0.2) is 0 Å². The van der Waals surface area contributed by atoms with E-state index in [1.54, 1.807) is 0 Å². The molecule has 4 nitrogen and oxygen atoms in total. The standard InChI is InChI=1S/C17H27NO3/c1-6-13(4)21-15-11-9-14(10-12-15)18-16(19)17(5,7-2)20-8-3/h9-13H,6-8H2,1-5H3,(H,18,19)/t13-,17-/m0/s1. The van der Waals surface area contributed by atoms with Gasteiger partial charge in [0.15, 0.2) is 0 Å². The van der Waals surface area contributed by atoms with Gasteiger partial charge in [0, 0.05) is 12.3 Å². The normalized spacial score (nSPS) is 15.1. The second kappa shape index (κ2) is 8.03.